The van der Waals surface area contributed by atoms with Crippen molar-refractivity contribution in [3.63, 3.8) is 0 Å². The van der Waals surface area contributed by atoms with E-state index in [0.29, 0.717) is 18.7 Å². The number of nitrogens with zero attached hydrogens (tertiary/aromatic N) is 2. The molecule has 0 atom stereocenters. The smallest absolute Gasteiger partial charge is 0.303 e. The van der Waals surface area contributed by atoms with Crippen molar-refractivity contribution in [3.8, 4) is 0 Å². The zero-order chi connectivity index (χ0) is 11.4. The molecule has 1 aromatic heterocycles. The topological polar surface area (TPSA) is 76.2 Å². The number of aryl methyl sites for hydroxylation is 1. The Kier molecular flexibility index (Phi) is 3.54. The Labute approximate surface area is 93.9 Å². The molecule has 1 aromatic rings. The van der Waals surface area contributed by atoms with Gasteiger partial charge in [-0.15, -0.1) is 10.2 Å². The molecule has 0 aliphatic heterocycles. The average Bonchev–Trinajstić information content (AvgIpc) is 2.92. The highest BCUT2D eigenvalue weighted by Gasteiger charge is 2.24. The number of aromatic nitrogens is 2. The monoisotopic (exact) mass is 224 g/mol. The van der Waals surface area contributed by atoms with Crippen molar-refractivity contribution in [2.24, 2.45) is 5.92 Å². The third-order valence-electron chi connectivity index (χ3n) is 2.70. The van der Waals surface area contributed by atoms with E-state index in [1.807, 2.05) is 0 Å². The zero-order valence-electron chi connectivity index (χ0n) is 9.19. The standard InChI is InChI=1S/C11H16N2O3/c14-11(15)4-2-1-3-9-12-13-10(16-9)7-8-5-6-8/h8H,1-7H2,(H,14,15). The first-order chi connectivity index (χ1) is 7.74. The van der Waals surface area contributed by atoms with Crippen LogP contribution in [0.15, 0.2) is 4.42 Å². The van der Waals surface area contributed by atoms with Crippen molar-refractivity contribution >= 4 is 5.97 Å². The van der Waals surface area contributed by atoms with Crippen molar-refractivity contribution in [1.29, 1.82) is 0 Å². The van der Waals surface area contributed by atoms with Crippen LogP contribution in [-0.4, -0.2) is 21.3 Å². The molecule has 0 aromatic carbocycles. The minimum absolute atomic E-state index is 0.211. The summed E-state index contributed by atoms with van der Waals surface area (Å²) in [6.07, 6.45) is 5.80. The first-order valence-electron chi connectivity index (χ1n) is 5.77. The van der Waals surface area contributed by atoms with Gasteiger partial charge in [-0.05, 0) is 31.6 Å². The molecular formula is C11H16N2O3. The van der Waals surface area contributed by atoms with Crippen LogP contribution in [0, 0.1) is 5.92 Å². The second-order valence-corrected chi connectivity index (χ2v) is 4.34. The summed E-state index contributed by atoms with van der Waals surface area (Å²) >= 11 is 0. The number of hydrogen-bond donors (Lipinski definition) is 1. The molecule has 5 nitrogen and oxygen atoms in total. The predicted octanol–water partition coefficient (Wildman–Crippen LogP) is 1.82. The largest absolute Gasteiger partial charge is 0.481 e. The molecule has 1 heterocycles. The fraction of sp³-hybridized carbons (Fsp3) is 0.727. The molecule has 0 radical (unpaired) electrons. The minimum atomic E-state index is -0.750. The fourth-order valence-electron chi connectivity index (χ4n) is 1.59. The van der Waals surface area contributed by atoms with Gasteiger partial charge in [-0.25, -0.2) is 0 Å². The summed E-state index contributed by atoms with van der Waals surface area (Å²) in [6, 6.07) is 0. The highest BCUT2D eigenvalue weighted by molar-refractivity contribution is 5.66. The summed E-state index contributed by atoms with van der Waals surface area (Å²) in [4.78, 5) is 10.3. The number of aliphatic carboxylic acids is 1. The first-order valence-corrected chi connectivity index (χ1v) is 5.77. The molecule has 1 N–H and O–H groups in total. The predicted molar refractivity (Wildman–Crippen MR) is 55.9 cm³/mol. The Morgan fingerprint density at radius 2 is 2.06 bits per heavy atom. The lowest BCUT2D eigenvalue weighted by atomic mass is 10.2. The lowest BCUT2D eigenvalue weighted by Gasteiger charge is -1.94. The number of unbranched alkanes of at least 4 members (excludes halogenated alkanes) is 1. The number of rotatable bonds is 7. The van der Waals surface area contributed by atoms with E-state index in [1.165, 1.54) is 12.8 Å². The van der Waals surface area contributed by atoms with E-state index in [1.54, 1.807) is 0 Å². The molecule has 0 bridgehead atoms. The number of carboxylic acids is 1. The Balaban J connectivity index is 1.68. The van der Waals surface area contributed by atoms with Crippen LogP contribution >= 0.6 is 0 Å². The quantitative estimate of drug-likeness (QED) is 0.715. The lowest BCUT2D eigenvalue weighted by Crippen LogP contribution is -1.95. The van der Waals surface area contributed by atoms with Crippen LogP contribution in [0.5, 0.6) is 0 Å². The first kappa shape index (κ1) is 11.1. The molecule has 1 saturated carbocycles. The summed E-state index contributed by atoms with van der Waals surface area (Å²) in [6.45, 7) is 0. The maximum absolute atomic E-state index is 10.3. The van der Waals surface area contributed by atoms with Gasteiger partial charge in [-0.2, -0.15) is 0 Å². The summed E-state index contributed by atoms with van der Waals surface area (Å²) in [5.74, 6) is 1.37. The van der Waals surface area contributed by atoms with Gasteiger partial charge in [0.1, 0.15) is 0 Å². The van der Waals surface area contributed by atoms with Gasteiger partial charge < -0.3 is 9.52 Å². The van der Waals surface area contributed by atoms with Crippen molar-refractivity contribution in [2.75, 3.05) is 0 Å². The number of hydrogen-bond acceptors (Lipinski definition) is 4. The molecule has 1 fully saturated rings. The Bertz CT molecular complexity index is 358. The van der Waals surface area contributed by atoms with E-state index in [-0.39, 0.29) is 6.42 Å². The molecule has 1 aliphatic carbocycles. The van der Waals surface area contributed by atoms with Crippen LogP contribution in [0.2, 0.25) is 0 Å². The second kappa shape index (κ2) is 5.09. The summed E-state index contributed by atoms with van der Waals surface area (Å²) in [7, 11) is 0. The fourth-order valence-corrected chi connectivity index (χ4v) is 1.59. The third-order valence-corrected chi connectivity index (χ3v) is 2.70. The minimum Gasteiger partial charge on any atom is -0.481 e. The van der Waals surface area contributed by atoms with Crippen molar-refractivity contribution in [3.05, 3.63) is 11.8 Å². The normalized spacial score (nSPS) is 15.2. The SMILES string of the molecule is O=C(O)CCCCc1nnc(CC2CC2)o1. The van der Waals surface area contributed by atoms with Gasteiger partial charge in [0.15, 0.2) is 0 Å². The molecule has 1 aliphatic rings. The highest BCUT2D eigenvalue weighted by atomic mass is 16.4. The van der Waals surface area contributed by atoms with E-state index in [4.69, 9.17) is 9.52 Å². The summed E-state index contributed by atoms with van der Waals surface area (Å²) in [5, 5.41) is 16.4. The third kappa shape index (κ3) is 3.64. The van der Waals surface area contributed by atoms with Crippen LogP contribution in [0.25, 0.3) is 0 Å². The molecule has 2 rings (SSSR count). The van der Waals surface area contributed by atoms with E-state index in [0.717, 1.165) is 24.7 Å². The lowest BCUT2D eigenvalue weighted by molar-refractivity contribution is -0.137. The van der Waals surface area contributed by atoms with Crippen LogP contribution in [0.1, 0.15) is 43.9 Å². The molecular weight excluding hydrogens is 208 g/mol. The molecule has 0 saturated heterocycles. The van der Waals surface area contributed by atoms with Crippen LogP contribution in [-0.2, 0) is 17.6 Å². The van der Waals surface area contributed by atoms with E-state index in [2.05, 4.69) is 10.2 Å². The van der Waals surface area contributed by atoms with Crippen LogP contribution < -0.4 is 0 Å². The Morgan fingerprint density at radius 3 is 2.75 bits per heavy atom. The van der Waals surface area contributed by atoms with Crippen molar-refractivity contribution in [1.82, 2.24) is 10.2 Å². The molecule has 16 heavy (non-hydrogen) atoms. The molecule has 0 unspecified atom stereocenters. The van der Waals surface area contributed by atoms with Gasteiger partial charge in [0.2, 0.25) is 11.8 Å². The molecule has 0 amide bonds. The van der Waals surface area contributed by atoms with Gasteiger partial charge in [0.25, 0.3) is 0 Å². The zero-order valence-corrected chi connectivity index (χ0v) is 9.19. The van der Waals surface area contributed by atoms with E-state index >= 15 is 0 Å². The van der Waals surface area contributed by atoms with Gasteiger partial charge in [-0.3, -0.25) is 4.79 Å². The Hall–Kier alpha value is -1.39. The van der Waals surface area contributed by atoms with Crippen LogP contribution in [0.4, 0.5) is 0 Å². The van der Waals surface area contributed by atoms with Crippen LogP contribution in [0.3, 0.4) is 0 Å². The number of carbonyl (C=O) groups is 1. The van der Waals surface area contributed by atoms with Crippen molar-refractivity contribution in [2.45, 2.75) is 44.9 Å². The Morgan fingerprint density at radius 1 is 1.31 bits per heavy atom. The van der Waals surface area contributed by atoms with Gasteiger partial charge in [0, 0.05) is 19.3 Å². The molecule has 5 heteroatoms. The maximum atomic E-state index is 10.3. The van der Waals surface area contributed by atoms with E-state index < -0.39 is 5.97 Å². The number of carboxylic acid groups (broad SMARTS) is 1. The molecule has 0 spiro atoms. The average molecular weight is 224 g/mol. The van der Waals surface area contributed by atoms with Gasteiger partial charge in [0.05, 0.1) is 0 Å². The van der Waals surface area contributed by atoms with E-state index in [9.17, 15) is 4.79 Å². The second-order valence-electron chi connectivity index (χ2n) is 4.34. The van der Waals surface area contributed by atoms with Gasteiger partial charge >= 0.3 is 5.97 Å². The summed E-state index contributed by atoms with van der Waals surface area (Å²) in [5.41, 5.74) is 0. The van der Waals surface area contributed by atoms with Gasteiger partial charge in [-0.1, -0.05) is 0 Å². The van der Waals surface area contributed by atoms with Crippen molar-refractivity contribution < 1.29 is 14.3 Å². The highest BCUT2D eigenvalue weighted by Crippen LogP contribution is 2.32. The molecule has 88 valence electrons. The summed E-state index contributed by atoms with van der Waals surface area (Å²) < 4.78 is 5.47. The maximum Gasteiger partial charge on any atom is 0.303 e.